The van der Waals surface area contributed by atoms with E-state index in [0.29, 0.717) is 0 Å². The first kappa shape index (κ1) is 16.2. The Kier molecular flexibility index (Phi) is 6.57. The lowest BCUT2D eigenvalue weighted by molar-refractivity contribution is 0.357. The van der Waals surface area contributed by atoms with Crippen LogP contribution >= 0.6 is 0 Å². The molecule has 0 bridgehead atoms. The van der Waals surface area contributed by atoms with Crippen LogP contribution in [-0.4, -0.2) is 13.1 Å². The minimum Gasteiger partial charge on any atom is -0.316 e. The molecule has 1 N–H and O–H groups in total. The summed E-state index contributed by atoms with van der Waals surface area (Å²) in [6, 6.07) is 6.91. The van der Waals surface area contributed by atoms with Crippen LogP contribution in [0.5, 0.6) is 0 Å². The predicted molar refractivity (Wildman–Crippen MR) is 85.7 cm³/mol. The van der Waals surface area contributed by atoms with Crippen molar-refractivity contribution >= 4 is 0 Å². The van der Waals surface area contributed by atoms with Crippen LogP contribution in [0.2, 0.25) is 0 Å². The number of benzene rings is 1. The van der Waals surface area contributed by atoms with E-state index in [9.17, 15) is 0 Å². The summed E-state index contributed by atoms with van der Waals surface area (Å²) < 4.78 is 0. The van der Waals surface area contributed by atoms with Crippen molar-refractivity contribution in [1.82, 2.24) is 5.32 Å². The fourth-order valence-electron chi connectivity index (χ4n) is 2.56. The highest BCUT2D eigenvalue weighted by atomic mass is 14.9. The summed E-state index contributed by atoms with van der Waals surface area (Å²) in [5, 5.41) is 3.57. The molecule has 0 aliphatic heterocycles. The van der Waals surface area contributed by atoms with E-state index in [4.69, 9.17) is 0 Å². The Morgan fingerprint density at radius 1 is 0.842 bits per heavy atom. The summed E-state index contributed by atoms with van der Waals surface area (Å²) in [7, 11) is 0. The zero-order chi connectivity index (χ0) is 14.4. The zero-order valence-corrected chi connectivity index (χ0v) is 13.6. The summed E-state index contributed by atoms with van der Waals surface area (Å²) >= 11 is 0. The average Bonchev–Trinajstić information content (AvgIpc) is 2.26. The van der Waals surface area contributed by atoms with Crippen molar-refractivity contribution in [3.05, 3.63) is 34.9 Å². The molecule has 1 nitrogen and oxygen atoms in total. The first-order valence-corrected chi connectivity index (χ1v) is 7.66. The average molecular weight is 261 g/mol. The Balaban J connectivity index is 2.46. The van der Waals surface area contributed by atoms with Crippen LogP contribution in [0.1, 0.15) is 44.4 Å². The van der Waals surface area contributed by atoms with E-state index < -0.39 is 0 Å². The number of hydrogen-bond acceptors (Lipinski definition) is 1. The van der Waals surface area contributed by atoms with Gasteiger partial charge in [0.25, 0.3) is 0 Å². The fraction of sp³-hybridized carbons (Fsp3) is 0.667. The second-order valence-corrected chi connectivity index (χ2v) is 6.71. The first-order valence-electron chi connectivity index (χ1n) is 7.66. The van der Waals surface area contributed by atoms with Crippen molar-refractivity contribution in [2.45, 2.75) is 48.0 Å². The number of nitrogens with one attached hydrogen (secondary N) is 1. The summed E-state index contributed by atoms with van der Waals surface area (Å²) in [5.74, 6) is 2.18. The summed E-state index contributed by atoms with van der Waals surface area (Å²) in [4.78, 5) is 0. The Hall–Kier alpha value is -0.820. The fourth-order valence-corrected chi connectivity index (χ4v) is 2.56. The van der Waals surface area contributed by atoms with Gasteiger partial charge < -0.3 is 5.32 Å². The molecule has 0 amide bonds. The van der Waals surface area contributed by atoms with Gasteiger partial charge in [-0.25, -0.2) is 0 Å². The molecule has 0 saturated heterocycles. The molecule has 0 aliphatic carbocycles. The molecular formula is C18H31N. The molecule has 0 aromatic heterocycles. The highest BCUT2D eigenvalue weighted by Crippen LogP contribution is 2.18. The molecule has 0 spiro atoms. The second-order valence-electron chi connectivity index (χ2n) is 6.71. The maximum Gasteiger partial charge on any atom is -0.00204 e. The Bertz CT molecular complexity index is 361. The van der Waals surface area contributed by atoms with Crippen molar-refractivity contribution in [2.75, 3.05) is 13.1 Å². The van der Waals surface area contributed by atoms with E-state index in [1.165, 1.54) is 23.1 Å². The van der Waals surface area contributed by atoms with Crippen LogP contribution in [0.3, 0.4) is 0 Å². The van der Waals surface area contributed by atoms with E-state index in [1.807, 2.05) is 0 Å². The smallest absolute Gasteiger partial charge is 0.00204 e. The van der Waals surface area contributed by atoms with Gasteiger partial charge in [-0.15, -0.1) is 0 Å². The summed E-state index contributed by atoms with van der Waals surface area (Å²) in [6.45, 7) is 15.9. The maximum atomic E-state index is 3.57. The van der Waals surface area contributed by atoms with Crippen molar-refractivity contribution in [3.63, 3.8) is 0 Å². The third-order valence-corrected chi connectivity index (χ3v) is 3.83. The van der Waals surface area contributed by atoms with E-state index in [-0.39, 0.29) is 0 Å². The lowest BCUT2D eigenvalue weighted by atomic mass is 9.88. The van der Waals surface area contributed by atoms with E-state index in [0.717, 1.165) is 30.8 Å². The van der Waals surface area contributed by atoms with Crippen LogP contribution < -0.4 is 5.32 Å². The van der Waals surface area contributed by atoms with E-state index in [2.05, 4.69) is 65.1 Å². The maximum absolute atomic E-state index is 3.57. The predicted octanol–water partition coefficient (Wildman–Crippen LogP) is 4.36. The van der Waals surface area contributed by atoms with Crippen LogP contribution in [0, 0.1) is 31.6 Å². The molecule has 0 heterocycles. The SMILES string of the molecule is Cc1cc(C)cc(CC(C)C(C)CNCC(C)C)c1. The topological polar surface area (TPSA) is 12.0 Å². The molecule has 0 aliphatic rings. The van der Waals surface area contributed by atoms with Crippen molar-refractivity contribution in [3.8, 4) is 0 Å². The third-order valence-electron chi connectivity index (χ3n) is 3.83. The molecule has 2 atom stereocenters. The van der Waals surface area contributed by atoms with Gasteiger partial charge in [0.2, 0.25) is 0 Å². The molecule has 1 aromatic rings. The minimum atomic E-state index is 0.722. The highest BCUT2D eigenvalue weighted by molar-refractivity contribution is 5.28. The van der Waals surface area contributed by atoms with E-state index in [1.54, 1.807) is 0 Å². The largest absolute Gasteiger partial charge is 0.316 e. The number of hydrogen-bond donors (Lipinski definition) is 1. The quantitative estimate of drug-likeness (QED) is 0.769. The molecule has 2 unspecified atom stereocenters. The Morgan fingerprint density at radius 3 is 1.95 bits per heavy atom. The normalized spacial score (nSPS) is 14.7. The lowest BCUT2D eigenvalue weighted by Crippen LogP contribution is -2.28. The molecule has 19 heavy (non-hydrogen) atoms. The van der Waals surface area contributed by atoms with Crippen LogP contribution in [0.15, 0.2) is 18.2 Å². The van der Waals surface area contributed by atoms with Crippen molar-refractivity contribution < 1.29 is 0 Å². The first-order chi connectivity index (χ1) is 8.88. The molecule has 1 aromatic carbocycles. The molecule has 108 valence electrons. The van der Waals surface area contributed by atoms with Gasteiger partial charge in [0, 0.05) is 0 Å². The van der Waals surface area contributed by atoms with E-state index >= 15 is 0 Å². The highest BCUT2D eigenvalue weighted by Gasteiger charge is 2.13. The van der Waals surface area contributed by atoms with Crippen LogP contribution in [0.4, 0.5) is 0 Å². The van der Waals surface area contributed by atoms with Gasteiger partial charge in [-0.05, 0) is 56.7 Å². The van der Waals surface area contributed by atoms with Gasteiger partial charge >= 0.3 is 0 Å². The minimum absolute atomic E-state index is 0.722. The lowest BCUT2D eigenvalue weighted by Gasteiger charge is -2.21. The van der Waals surface area contributed by atoms with Crippen LogP contribution in [-0.2, 0) is 6.42 Å². The monoisotopic (exact) mass is 261 g/mol. The summed E-state index contributed by atoms with van der Waals surface area (Å²) in [5.41, 5.74) is 4.25. The van der Waals surface area contributed by atoms with Gasteiger partial charge in [-0.2, -0.15) is 0 Å². The van der Waals surface area contributed by atoms with Gasteiger partial charge in [-0.1, -0.05) is 57.0 Å². The Labute approximate surface area is 119 Å². The zero-order valence-electron chi connectivity index (χ0n) is 13.6. The second kappa shape index (κ2) is 7.69. The molecular weight excluding hydrogens is 230 g/mol. The summed E-state index contributed by atoms with van der Waals surface area (Å²) in [6.07, 6.45) is 1.19. The Morgan fingerprint density at radius 2 is 1.42 bits per heavy atom. The van der Waals surface area contributed by atoms with Crippen LogP contribution in [0.25, 0.3) is 0 Å². The number of rotatable bonds is 7. The molecule has 0 saturated carbocycles. The number of aryl methyl sites for hydroxylation is 2. The van der Waals surface area contributed by atoms with Crippen molar-refractivity contribution in [2.24, 2.45) is 17.8 Å². The third kappa shape index (κ3) is 6.24. The molecule has 1 heteroatoms. The molecule has 0 fully saturated rings. The molecule has 1 rings (SSSR count). The van der Waals surface area contributed by atoms with Gasteiger partial charge in [0.15, 0.2) is 0 Å². The van der Waals surface area contributed by atoms with Gasteiger partial charge in [0.05, 0.1) is 0 Å². The standard InChI is InChI=1S/C18H31N/c1-13(2)11-19-12-17(6)16(5)10-18-8-14(3)7-15(4)9-18/h7-9,13,16-17,19H,10-12H2,1-6H3. The van der Waals surface area contributed by atoms with Crippen molar-refractivity contribution in [1.29, 1.82) is 0 Å². The van der Waals surface area contributed by atoms with Gasteiger partial charge in [-0.3, -0.25) is 0 Å². The molecule has 0 radical (unpaired) electrons. The van der Waals surface area contributed by atoms with Gasteiger partial charge in [0.1, 0.15) is 0 Å².